The van der Waals surface area contributed by atoms with Crippen LogP contribution in [0.2, 0.25) is 10.0 Å². The summed E-state index contributed by atoms with van der Waals surface area (Å²) in [5.74, 6) is 0.742. The Morgan fingerprint density at radius 3 is 2.25 bits per heavy atom. The summed E-state index contributed by atoms with van der Waals surface area (Å²) in [6.45, 7) is 7.91. The Kier molecular flexibility index (Phi) is 5.39. The van der Waals surface area contributed by atoms with Crippen LogP contribution in [-0.2, 0) is 6.54 Å². The Hall–Kier alpha value is -0.240. The second kappa shape index (κ2) is 6.68. The SMILES string of the molecule is CC(C)(C)C1CCCCC1NCc1cc(Cl)cc(Cl)c1. The maximum absolute atomic E-state index is 6.06. The van der Waals surface area contributed by atoms with E-state index in [-0.39, 0.29) is 0 Å². The van der Waals surface area contributed by atoms with E-state index in [0.717, 1.165) is 12.5 Å². The van der Waals surface area contributed by atoms with E-state index in [1.165, 1.54) is 31.2 Å². The first-order chi connectivity index (χ1) is 9.36. The third kappa shape index (κ3) is 4.38. The van der Waals surface area contributed by atoms with Crippen molar-refractivity contribution >= 4 is 23.2 Å². The van der Waals surface area contributed by atoms with Gasteiger partial charge in [-0.3, -0.25) is 0 Å². The van der Waals surface area contributed by atoms with Gasteiger partial charge in [0.15, 0.2) is 0 Å². The molecule has 0 amide bonds. The Labute approximate surface area is 133 Å². The molecule has 0 aromatic heterocycles. The van der Waals surface area contributed by atoms with E-state index in [9.17, 15) is 0 Å². The zero-order valence-corrected chi connectivity index (χ0v) is 14.2. The Morgan fingerprint density at radius 1 is 1.05 bits per heavy atom. The molecule has 2 rings (SSSR count). The minimum atomic E-state index is 0.365. The molecule has 112 valence electrons. The second-order valence-corrected chi connectivity index (χ2v) is 7.89. The van der Waals surface area contributed by atoms with Crippen molar-refractivity contribution in [2.75, 3.05) is 0 Å². The lowest BCUT2D eigenvalue weighted by molar-refractivity contribution is 0.130. The van der Waals surface area contributed by atoms with Gasteiger partial charge < -0.3 is 5.32 Å². The highest BCUT2D eigenvalue weighted by molar-refractivity contribution is 6.34. The zero-order valence-electron chi connectivity index (χ0n) is 12.7. The van der Waals surface area contributed by atoms with Gasteiger partial charge in [0.25, 0.3) is 0 Å². The van der Waals surface area contributed by atoms with E-state index >= 15 is 0 Å². The van der Waals surface area contributed by atoms with Crippen LogP contribution in [0.4, 0.5) is 0 Å². The summed E-state index contributed by atoms with van der Waals surface area (Å²) in [4.78, 5) is 0. The van der Waals surface area contributed by atoms with Crippen LogP contribution in [0.15, 0.2) is 18.2 Å². The molecule has 0 bridgehead atoms. The molecule has 1 aromatic carbocycles. The molecule has 1 nitrogen and oxygen atoms in total. The van der Waals surface area contributed by atoms with Crippen LogP contribution >= 0.6 is 23.2 Å². The highest BCUT2D eigenvalue weighted by Crippen LogP contribution is 2.38. The monoisotopic (exact) mass is 313 g/mol. The van der Waals surface area contributed by atoms with Gasteiger partial charge in [0, 0.05) is 22.6 Å². The number of halogens is 2. The summed E-state index contributed by atoms with van der Waals surface area (Å²) < 4.78 is 0. The molecule has 0 spiro atoms. The first-order valence-corrected chi connectivity index (χ1v) is 8.30. The predicted molar refractivity (Wildman–Crippen MR) is 88.5 cm³/mol. The van der Waals surface area contributed by atoms with Crippen molar-refractivity contribution in [3.8, 4) is 0 Å². The van der Waals surface area contributed by atoms with Gasteiger partial charge in [0.1, 0.15) is 0 Å². The molecule has 2 atom stereocenters. The van der Waals surface area contributed by atoms with Gasteiger partial charge in [0.05, 0.1) is 0 Å². The van der Waals surface area contributed by atoms with Crippen molar-refractivity contribution < 1.29 is 0 Å². The van der Waals surface area contributed by atoms with Crippen molar-refractivity contribution in [3.05, 3.63) is 33.8 Å². The van der Waals surface area contributed by atoms with E-state index in [4.69, 9.17) is 23.2 Å². The fourth-order valence-electron chi connectivity index (χ4n) is 3.37. The fourth-order valence-corrected chi connectivity index (χ4v) is 3.94. The van der Waals surface area contributed by atoms with E-state index < -0.39 is 0 Å². The zero-order chi connectivity index (χ0) is 14.8. The van der Waals surface area contributed by atoms with Gasteiger partial charge in [-0.25, -0.2) is 0 Å². The van der Waals surface area contributed by atoms with Crippen LogP contribution in [0.1, 0.15) is 52.0 Å². The molecular formula is C17H25Cl2N. The van der Waals surface area contributed by atoms with Crippen LogP contribution in [-0.4, -0.2) is 6.04 Å². The first kappa shape index (κ1) is 16.1. The molecule has 1 aliphatic rings. The van der Waals surface area contributed by atoms with Gasteiger partial charge >= 0.3 is 0 Å². The minimum absolute atomic E-state index is 0.365. The minimum Gasteiger partial charge on any atom is -0.310 e. The van der Waals surface area contributed by atoms with E-state index in [0.29, 0.717) is 21.5 Å². The number of nitrogens with one attached hydrogen (secondary N) is 1. The van der Waals surface area contributed by atoms with E-state index in [1.54, 1.807) is 6.07 Å². The van der Waals surface area contributed by atoms with Crippen LogP contribution in [0.5, 0.6) is 0 Å². The third-order valence-corrected chi connectivity index (χ3v) is 4.81. The maximum atomic E-state index is 6.06. The van der Waals surface area contributed by atoms with Gasteiger partial charge in [-0.15, -0.1) is 0 Å². The van der Waals surface area contributed by atoms with Crippen molar-refractivity contribution in [1.29, 1.82) is 0 Å². The molecule has 2 unspecified atom stereocenters. The fraction of sp³-hybridized carbons (Fsp3) is 0.647. The van der Waals surface area contributed by atoms with E-state index in [1.807, 2.05) is 12.1 Å². The lowest BCUT2D eigenvalue weighted by Gasteiger charge is -2.41. The molecule has 20 heavy (non-hydrogen) atoms. The van der Waals surface area contributed by atoms with E-state index in [2.05, 4.69) is 26.1 Å². The van der Waals surface area contributed by atoms with Crippen LogP contribution in [0.3, 0.4) is 0 Å². The molecule has 1 N–H and O–H groups in total. The summed E-state index contributed by atoms with van der Waals surface area (Å²) in [5.41, 5.74) is 1.53. The normalized spacial score (nSPS) is 23.9. The Balaban J connectivity index is 2.01. The van der Waals surface area contributed by atoms with Crippen LogP contribution < -0.4 is 5.32 Å². The summed E-state index contributed by atoms with van der Waals surface area (Å²) in [6.07, 6.45) is 5.30. The van der Waals surface area contributed by atoms with Crippen molar-refractivity contribution in [2.45, 2.75) is 59.0 Å². The number of hydrogen-bond donors (Lipinski definition) is 1. The number of rotatable bonds is 3. The standard InChI is InChI=1S/C17H25Cl2N/c1-17(2,3)15-6-4-5-7-16(15)20-11-12-8-13(18)10-14(19)9-12/h8-10,15-16,20H,4-7,11H2,1-3H3. The summed E-state index contributed by atoms with van der Waals surface area (Å²) >= 11 is 12.1. The molecule has 0 radical (unpaired) electrons. The second-order valence-electron chi connectivity index (χ2n) is 7.02. The molecule has 1 saturated carbocycles. The maximum Gasteiger partial charge on any atom is 0.0424 e. The first-order valence-electron chi connectivity index (χ1n) is 7.54. The van der Waals surface area contributed by atoms with Crippen molar-refractivity contribution in [1.82, 2.24) is 5.32 Å². The lowest BCUT2D eigenvalue weighted by Crippen LogP contribution is -2.43. The third-order valence-electron chi connectivity index (χ3n) is 4.37. The average Bonchev–Trinajstić information content (AvgIpc) is 2.34. The van der Waals surface area contributed by atoms with Gasteiger partial charge in [-0.1, -0.05) is 56.8 Å². The van der Waals surface area contributed by atoms with Gasteiger partial charge in [-0.05, 0) is 47.9 Å². The lowest BCUT2D eigenvalue weighted by atomic mass is 9.69. The smallest absolute Gasteiger partial charge is 0.0424 e. The Bertz CT molecular complexity index is 431. The summed E-state index contributed by atoms with van der Waals surface area (Å²) in [7, 11) is 0. The molecule has 1 fully saturated rings. The average molecular weight is 314 g/mol. The topological polar surface area (TPSA) is 12.0 Å². The Morgan fingerprint density at radius 2 is 1.65 bits per heavy atom. The molecule has 3 heteroatoms. The molecule has 0 saturated heterocycles. The van der Waals surface area contributed by atoms with Crippen molar-refractivity contribution in [2.24, 2.45) is 11.3 Å². The molecule has 0 aliphatic heterocycles. The molecule has 1 aromatic rings. The number of hydrogen-bond acceptors (Lipinski definition) is 1. The van der Waals surface area contributed by atoms with Gasteiger partial charge in [0.2, 0.25) is 0 Å². The number of benzene rings is 1. The van der Waals surface area contributed by atoms with Crippen LogP contribution in [0.25, 0.3) is 0 Å². The summed E-state index contributed by atoms with van der Waals surface area (Å²) in [6, 6.07) is 6.37. The summed E-state index contributed by atoms with van der Waals surface area (Å²) in [5, 5.41) is 5.16. The highest BCUT2D eigenvalue weighted by atomic mass is 35.5. The van der Waals surface area contributed by atoms with Gasteiger partial charge in [-0.2, -0.15) is 0 Å². The highest BCUT2D eigenvalue weighted by Gasteiger charge is 2.33. The largest absolute Gasteiger partial charge is 0.310 e. The molecule has 1 aliphatic carbocycles. The predicted octanol–water partition coefficient (Wildman–Crippen LogP) is 5.69. The quantitative estimate of drug-likeness (QED) is 0.756. The molecule has 0 heterocycles. The van der Waals surface area contributed by atoms with Crippen molar-refractivity contribution in [3.63, 3.8) is 0 Å². The van der Waals surface area contributed by atoms with Crippen LogP contribution in [0, 0.1) is 11.3 Å². The molecular weight excluding hydrogens is 289 g/mol.